The van der Waals surface area contributed by atoms with E-state index < -0.39 is 0 Å². The number of nitrogens with zero attached hydrogens (tertiary/aromatic N) is 2. The molecule has 130 valence electrons. The van der Waals surface area contributed by atoms with Gasteiger partial charge in [-0.2, -0.15) is 0 Å². The zero-order chi connectivity index (χ0) is 16.4. The number of benzene rings is 1. The molecule has 4 heteroatoms. The lowest BCUT2D eigenvalue weighted by molar-refractivity contribution is -0.130. The third-order valence-electron chi connectivity index (χ3n) is 5.89. The van der Waals surface area contributed by atoms with Gasteiger partial charge in [-0.25, -0.2) is 0 Å². The van der Waals surface area contributed by atoms with Gasteiger partial charge in [0.15, 0.2) is 0 Å². The summed E-state index contributed by atoms with van der Waals surface area (Å²) in [4.78, 5) is 16.7. The van der Waals surface area contributed by atoms with Gasteiger partial charge < -0.3 is 14.5 Å². The van der Waals surface area contributed by atoms with Crippen molar-refractivity contribution in [3.63, 3.8) is 0 Å². The second-order valence-corrected chi connectivity index (χ2v) is 7.54. The van der Waals surface area contributed by atoms with Crippen molar-refractivity contribution < 1.29 is 9.53 Å². The summed E-state index contributed by atoms with van der Waals surface area (Å²) in [6, 6.07) is 8.97. The quantitative estimate of drug-likeness (QED) is 0.855. The third kappa shape index (κ3) is 3.44. The van der Waals surface area contributed by atoms with Crippen LogP contribution in [0.4, 0.5) is 0 Å². The summed E-state index contributed by atoms with van der Waals surface area (Å²) in [5.74, 6) is 2.14. The minimum absolute atomic E-state index is 0.381. The molecule has 0 spiro atoms. The maximum absolute atomic E-state index is 11.9. The zero-order valence-electron chi connectivity index (χ0n) is 14.5. The molecule has 2 fully saturated rings. The maximum Gasteiger partial charge on any atom is 0.222 e. The van der Waals surface area contributed by atoms with Gasteiger partial charge in [-0.3, -0.25) is 4.79 Å². The van der Waals surface area contributed by atoms with Crippen molar-refractivity contribution in [1.82, 2.24) is 9.80 Å². The van der Waals surface area contributed by atoms with Gasteiger partial charge in [0.1, 0.15) is 5.75 Å². The molecule has 2 saturated heterocycles. The number of carbonyl (C=O) groups excluding carboxylic acids is 1. The highest BCUT2D eigenvalue weighted by molar-refractivity contribution is 5.78. The number of rotatable bonds is 3. The lowest BCUT2D eigenvalue weighted by Gasteiger charge is -2.38. The molecular formula is C20H28N2O2. The van der Waals surface area contributed by atoms with Crippen LogP contribution >= 0.6 is 0 Å². The van der Waals surface area contributed by atoms with Crippen LogP contribution in [0.1, 0.15) is 37.7 Å². The van der Waals surface area contributed by atoms with E-state index in [0.29, 0.717) is 17.9 Å². The Kier molecular flexibility index (Phi) is 4.74. The van der Waals surface area contributed by atoms with E-state index in [1.165, 1.54) is 12.1 Å². The minimum atomic E-state index is 0.381. The minimum Gasteiger partial charge on any atom is -0.493 e. The highest BCUT2D eigenvalue weighted by atomic mass is 16.5. The van der Waals surface area contributed by atoms with Gasteiger partial charge in [0.25, 0.3) is 0 Å². The van der Waals surface area contributed by atoms with Crippen LogP contribution in [0.3, 0.4) is 0 Å². The van der Waals surface area contributed by atoms with Gasteiger partial charge in [-0.1, -0.05) is 18.2 Å². The first-order valence-corrected chi connectivity index (χ1v) is 9.52. The fraction of sp³-hybridized carbons (Fsp3) is 0.650. The van der Waals surface area contributed by atoms with E-state index in [4.69, 9.17) is 4.74 Å². The molecular weight excluding hydrogens is 300 g/mol. The van der Waals surface area contributed by atoms with Crippen molar-refractivity contribution in [1.29, 1.82) is 0 Å². The molecule has 24 heavy (non-hydrogen) atoms. The Morgan fingerprint density at radius 2 is 1.92 bits per heavy atom. The van der Waals surface area contributed by atoms with Crippen molar-refractivity contribution in [2.45, 2.75) is 44.6 Å². The second-order valence-electron chi connectivity index (χ2n) is 7.54. The molecule has 0 aliphatic carbocycles. The number of para-hydroxylation sites is 1. The Labute approximate surface area is 144 Å². The van der Waals surface area contributed by atoms with Crippen LogP contribution < -0.4 is 4.74 Å². The number of fused-ring (bicyclic) bond motifs is 1. The summed E-state index contributed by atoms with van der Waals surface area (Å²) in [5, 5.41) is 0. The molecule has 3 aliphatic rings. The average Bonchev–Trinajstić information content (AvgIpc) is 2.92. The van der Waals surface area contributed by atoms with E-state index in [1.54, 1.807) is 0 Å². The van der Waals surface area contributed by atoms with E-state index in [9.17, 15) is 4.79 Å². The van der Waals surface area contributed by atoms with Crippen LogP contribution in [0, 0.1) is 5.92 Å². The molecule has 1 atom stereocenters. The van der Waals surface area contributed by atoms with E-state index in [2.05, 4.69) is 34.1 Å². The first-order chi connectivity index (χ1) is 11.8. The number of amides is 1. The molecule has 0 aromatic heterocycles. The molecule has 1 amide bonds. The van der Waals surface area contributed by atoms with Crippen LogP contribution in [-0.4, -0.2) is 54.5 Å². The molecule has 0 bridgehead atoms. The number of hydrogen-bond acceptors (Lipinski definition) is 3. The van der Waals surface area contributed by atoms with Crippen molar-refractivity contribution in [2.75, 3.05) is 32.8 Å². The standard InChI is InChI=1S/C20H28N2O2/c23-20-6-3-10-22(20)18-7-11-21(12-8-18)15-16-9-13-24-19-5-2-1-4-17(19)14-16/h1-2,4-5,16,18H,3,6-15H2. The molecule has 0 radical (unpaired) electrons. The summed E-state index contributed by atoms with van der Waals surface area (Å²) < 4.78 is 5.90. The largest absolute Gasteiger partial charge is 0.493 e. The normalized spacial score (nSPS) is 26.1. The van der Waals surface area contributed by atoms with Crippen molar-refractivity contribution in [3.8, 4) is 5.75 Å². The fourth-order valence-electron chi connectivity index (χ4n) is 4.55. The number of ether oxygens (including phenoxy) is 1. The van der Waals surface area contributed by atoms with Crippen LogP contribution in [0.15, 0.2) is 24.3 Å². The molecule has 3 aliphatic heterocycles. The molecule has 4 nitrogen and oxygen atoms in total. The molecule has 0 saturated carbocycles. The number of carbonyl (C=O) groups is 1. The maximum atomic E-state index is 11.9. The topological polar surface area (TPSA) is 32.8 Å². The Morgan fingerprint density at radius 1 is 1.08 bits per heavy atom. The Balaban J connectivity index is 1.30. The average molecular weight is 328 g/mol. The highest BCUT2D eigenvalue weighted by Crippen LogP contribution is 2.28. The van der Waals surface area contributed by atoms with Crippen LogP contribution in [0.25, 0.3) is 0 Å². The summed E-state index contributed by atoms with van der Waals surface area (Å²) in [6.07, 6.45) is 6.37. The van der Waals surface area contributed by atoms with E-state index in [-0.39, 0.29) is 0 Å². The third-order valence-corrected chi connectivity index (χ3v) is 5.89. The number of hydrogen-bond donors (Lipinski definition) is 0. The fourth-order valence-corrected chi connectivity index (χ4v) is 4.55. The lowest BCUT2D eigenvalue weighted by Crippen LogP contribution is -2.46. The van der Waals surface area contributed by atoms with Crippen LogP contribution in [0.2, 0.25) is 0 Å². The molecule has 0 N–H and O–H groups in total. The smallest absolute Gasteiger partial charge is 0.222 e. The summed E-state index contributed by atoms with van der Waals surface area (Å²) in [5.41, 5.74) is 1.36. The SMILES string of the molecule is O=C1CCCN1C1CCN(CC2CCOc3ccccc3C2)CC1. The lowest BCUT2D eigenvalue weighted by atomic mass is 9.95. The molecule has 1 aromatic carbocycles. The first-order valence-electron chi connectivity index (χ1n) is 9.52. The van der Waals surface area contributed by atoms with E-state index >= 15 is 0 Å². The predicted molar refractivity (Wildman–Crippen MR) is 94.2 cm³/mol. The molecule has 1 aromatic rings. The molecule has 4 rings (SSSR count). The van der Waals surface area contributed by atoms with Gasteiger partial charge >= 0.3 is 0 Å². The first kappa shape index (κ1) is 15.9. The predicted octanol–water partition coefficient (Wildman–Crippen LogP) is 2.71. The monoisotopic (exact) mass is 328 g/mol. The molecule has 3 heterocycles. The van der Waals surface area contributed by atoms with Gasteiger partial charge in [0.05, 0.1) is 6.61 Å². The van der Waals surface area contributed by atoms with E-state index in [1.807, 2.05) is 0 Å². The summed E-state index contributed by atoms with van der Waals surface area (Å²) in [6.45, 7) is 5.25. The Morgan fingerprint density at radius 3 is 2.71 bits per heavy atom. The van der Waals surface area contributed by atoms with Crippen LogP contribution in [0.5, 0.6) is 5.75 Å². The zero-order valence-corrected chi connectivity index (χ0v) is 14.5. The molecule has 1 unspecified atom stereocenters. The summed E-state index contributed by atoms with van der Waals surface area (Å²) in [7, 11) is 0. The number of piperidine rings is 1. The van der Waals surface area contributed by atoms with Crippen molar-refractivity contribution >= 4 is 5.91 Å². The van der Waals surface area contributed by atoms with Gasteiger partial charge in [0, 0.05) is 38.6 Å². The van der Waals surface area contributed by atoms with Gasteiger partial charge in [-0.15, -0.1) is 0 Å². The van der Waals surface area contributed by atoms with Crippen molar-refractivity contribution in [2.24, 2.45) is 5.92 Å². The van der Waals surface area contributed by atoms with E-state index in [0.717, 1.165) is 70.5 Å². The second kappa shape index (κ2) is 7.14. The van der Waals surface area contributed by atoms with Crippen LogP contribution in [-0.2, 0) is 11.2 Å². The van der Waals surface area contributed by atoms with Crippen molar-refractivity contribution in [3.05, 3.63) is 29.8 Å². The summed E-state index contributed by atoms with van der Waals surface area (Å²) >= 11 is 0. The Hall–Kier alpha value is -1.55. The Bertz CT molecular complexity index is 581. The number of likely N-dealkylation sites (tertiary alicyclic amines) is 2. The van der Waals surface area contributed by atoms with Gasteiger partial charge in [-0.05, 0) is 49.7 Å². The van der Waals surface area contributed by atoms with Gasteiger partial charge in [0.2, 0.25) is 5.91 Å². The highest BCUT2D eigenvalue weighted by Gasteiger charge is 2.31.